The van der Waals surface area contributed by atoms with Crippen LogP contribution < -0.4 is 9.47 Å². The van der Waals surface area contributed by atoms with Crippen LogP contribution in [0, 0.1) is 0 Å². The third kappa shape index (κ3) is 5.25. The van der Waals surface area contributed by atoms with Crippen LogP contribution in [0.15, 0.2) is 72.8 Å². The Balaban J connectivity index is 1.42. The Kier molecular flexibility index (Phi) is 6.53. The van der Waals surface area contributed by atoms with Gasteiger partial charge in [-0.25, -0.2) is 0 Å². The minimum absolute atomic E-state index is 0.0236. The molecule has 1 aliphatic heterocycles. The van der Waals surface area contributed by atoms with Crippen LogP contribution in [0.2, 0.25) is 5.02 Å². The van der Waals surface area contributed by atoms with E-state index in [4.69, 9.17) is 25.8 Å². The quantitative estimate of drug-likeness (QED) is 0.366. The molecule has 0 aromatic heterocycles. The summed E-state index contributed by atoms with van der Waals surface area (Å²) in [5.74, 6) is 0.564. The lowest BCUT2D eigenvalue weighted by Crippen LogP contribution is -2.16. The lowest BCUT2D eigenvalue weighted by molar-refractivity contribution is -0.147. The maximum Gasteiger partial charge on any atom is 0.307 e. The molecule has 158 valence electrons. The first-order chi connectivity index (χ1) is 15.1. The zero-order valence-electron chi connectivity index (χ0n) is 16.8. The van der Waals surface area contributed by atoms with Crippen molar-refractivity contribution in [2.45, 2.75) is 18.9 Å². The molecule has 1 atom stereocenters. The van der Waals surface area contributed by atoms with Gasteiger partial charge in [0.1, 0.15) is 13.2 Å². The van der Waals surface area contributed by atoms with Crippen LogP contribution in [-0.4, -0.2) is 25.0 Å². The summed E-state index contributed by atoms with van der Waals surface area (Å²) in [5, 5.41) is 0.604. The fourth-order valence-corrected chi connectivity index (χ4v) is 3.49. The smallest absolute Gasteiger partial charge is 0.307 e. The molecule has 31 heavy (non-hydrogen) atoms. The predicted molar refractivity (Wildman–Crippen MR) is 117 cm³/mol. The Labute approximate surface area is 185 Å². The van der Waals surface area contributed by atoms with Gasteiger partial charge in [-0.05, 0) is 41.5 Å². The summed E-state index contributed by atoms with van der Waals surface area (Å²) in [5.41, 5.74) is 2.13. The van der Waals surface area contributed by atoms with E-state index in [9.17, 15) is 9.59 Å². The van der Waals surface area contributed by atoms with Crippen molar-refractivity contribution in [3.05, 3.63) is 94.5 Å². The van der Waals surface area contributed by atoms with Gasteiger partial charge in [-0.15, -0.1) is 0 Å². The Bertz CT molecular complexity index is 1060. The van der Waals surface area contributed by atoms with Gasteiger partial charge in [-0.3, -0.25) is 9.59 Å². The van der Waals surface area contributed by atoms with Crippen LogP contribution >= 0.6 is 11.6 Å². The van der Waals surface area contributed by atoms with E-state index < -0.39 is 12.1 Å². The monoisotopic (exact) mass is 436 g/mol. The number of ketones is 1. The molecule has 4 rings (SSSR count). The molecular weight excluding hydrogens is 416 g/mol. The first-order valence-electron chi connectivity index (χ1n) is 10.0. The first kappa shape index (κ1) is 20.9. The van der Waals surface area contributed by atoms with Crippen LogP contribution in [-0.2, 0) is 9.53 Å². The average molecular weight is 437 g/mol. The molecule has 0 spiro atoms. The van der Waals surface area contributed by atoms with E-state index in [1.807, 2.05) is 42.5 Å². The lowest BCUT2D eigenvalue weighted by atomic mass is 10.0. The molecule has 0 N–H and O–H groups in total. The number of fused-ring (bicyclic) bond motifs is 1. The van der Waals surface area contributed by atoms with Crippen LogP contribution in [0.1, 0.15) is 40.4 Å². The maximum absolute atomic E-state index is 12.6. The zero-order valence-corrected chi connectivity index (χ0v) is 17.5. The van der Waals surface area contributed by atoms with Crippen LogP contribution in [0.25, 0.3) is 0 Å². The third-order valence-corrected chi connectivity index (χ3v) is 5.20. The number of Topliss-reactive ketones (excluding diaryl/α,β-unsaturated/α-hetero) is 1. The number of benzene rings is 3. The van der Waals surface area contributed by atoms with Crippen molar-refractivity contribution in [3.63, 3.8) is 0 Å². The van der Waals surface area contributed by atoms with Gasteiger partial charge < -0.3 is 14.2 Å². The lowest BCUT2D eigenvalue weighted by Gasteiger charge is -2.19. The summed E-state index contributed by atoms with van der Waals surface area (Å²) in [6.07, 6.45) is -0.555. The molecule has 0 saturated heterocycles. The van der Waals surface area contributed by atoms with Crippen molar-refractivity contribution < 1.29 is 23.8 Å². The third-order valence-electron chi connectivity index (χ3n) is 4.94. The van der Waals surface area contributed by atoms with E-state index in [2.05, 4.69) is 0 Å². The van der Waals surface area contributed by atoms with Crippen molar-refractivity contribution in [1.82, 2.24) is 0 Å². The normalized spacial score (nSPS) is 13.3. The molecule has 0 fully saturated rings. The van der Waals surface area contributed by atoms with E-state index in [-0.39, 0.29) is 18.6 Å². The summed E-state index contributed by atoms with van der Waals surface area (Å²) in [4.78, 5) is 25.2. The number of carbonyl (C=O) groups excluding carboxylic acids is 2. The van der Waals surface area contributed by atoms with Gasteiger partial charge in [0.2, 0.25) is 0 Å². The maximum atomic E-state index is 12.6. The van der Waals surface area contributed by atoms with E-state index in [0.717, 1.165) is 11.1 Å². The summed E-state index contributed by atoms with van der Waals surface area (Å²) < 4.78 is 16.8. The Morgan fingerprint density at radius 3 is 2.26 bits per heavy atom. The molecule has 0 radical (unpaired) electrons. The van der Waals surface area contributed by atoms with Gasteiger partial charge in [-0.2, -0.15) is 0 Å². The summed E-state index contributed by atoms with van der Waals surface area (Å²) in [6, 6.07) is 21.7. The number of esters is 1. The minimum atomic E-state index is -0.574. The molecule has 6 heteroatoms. The topological polar surface area (TPSA) is 61.8 Å². The van der Waals surface area contributed by atoms with E-state index in [1.165, 1.54) is 0 Å². The molecule has 5 nitrogen and oxygen atoms in total. The molecule has 0 saturated carbocycles. The summed E-state index contributed by atoms with van der Waals surface area (Å²) in [7, 11) is 0. The summed E-state index contributed by atoms with van der Waals surface area (Å²) in [6.45, 7) is 0.935. The molecular formula is C25H21ClO5. The zero-order chi connectivity index (χ0) is 21.6. The van der Waals surface area contributed by atoms with Gasteiger partial charge in [0.15, 0.2) is 23.4 Å². The standard InChI is InChI=1S/C25H21ClO5/c26-20-9-6-18(7-10-20)25(17-4-2-1-3-5-17)31-24(28)13-11-21(27)19-8-12-22-23(16-19)30-15-14-29-22/h1-10,12,16,25H,11,13-15H2. The Morgan fingerprint density at radius 2 is 1.52 bits per heavy atom. The Hall–Kier alpha value is -3.31. The molecule has 0 amide bonds. The van der Waals surface area contributed by atoms with Gasteiger partial charge >= 0.3 is 5.97 Å². The van der Waals surface area contributed by atoms with E-state index >= 15 is 0 Å². The number of rotatable bonds is 7. The first-order valence-corrected chi connectivity index (χ1v) is 10.4. The molecule has 3 aromatic rings. The highest BCUT2D eigenvalue weighted by molar-refractivity contribution is 6.30. The number of ether oxygens (including phenoxy) is 3. The summed E-state index contributed by atoms with van der Waals surface area (Å²) >= 11 is 5.99. The Morgan fingerprint density at radius 1 is 0.839 bits per heavy atom. The number of halogens is 1. The van der Waals surface area contributed by atoms with Crippen LogP contribution in [0.5, 0.6) is 11.5 Å². The SMILES string of the molecule is O=C(CCC(=O)c1ccc2c(c1)OCCO2)OC(c1ccccc1)c1ccc(Cl)cc1. The molecule has 1 heterocycles. The van der Waals surface area contributed by atoms with Crippen molar-refractivity contribution in [2.24, 2.45) is 0 Å². The minimum Gasteiger partial charge on any atom is -0.486 e. The molecule has 0 bridgehead atoms. The number of hydrogen-bond donors (Lipinski definition) is 0. The van der Waals surface area contributed by atoms with Crippen LogP contribution in [0.4, 0.5) is 0 Å². The molecule has 0 aliphatic carbocycles. The van der Waals surface area contributed by atoms with Crippen molar-refractivity contribution in [2.75, 3.05) is 13.2 Å². The highest BCUT2D eigenvalue weighted by Gasteiger charge is 2.21. The number of hydrogen-bond acceptors (Lipinski definition) is 5. The van der Waals surface area contributed by atoms with Crippen LogP contribution in [0.3, 0.4) is 0 Å². The van der Waals surface area contributed by atoms with Crippen molar-refractivity contribution in [1.29, 1.82) is 0 Å². The highest BCUT2D eigenvalue weighted by Crippen LogP contribution is 2.31. The fourth-order valence-electron chi connectivity index (χ4n) is 3.36. The van der Waals surface area contributed by atoms with E-state index in [0.29, 0.717) is 35.3 Å². The second-order valence-electron chi connectivity index (χ2n) is 7.11. The predicted octanol–water partition coefficient (Wildman–Crippen LogP) is 5.41. The average Bonchev–Trinajstić information content (AvgIpc) is 2.82. The van der Waals surface area contributed by atoms with E-state index in [1.54, 1.807) is 30.3 Å². The second kappa shape index (κ2) is 9.67. The van der Waals surface area contributed by atoms with Gasteiger partial charge in [-0.1, -0.05) is 54.1 Å². The largest absolute Gasteiger partial charge is 0.486 e. The molecule has 1 unspecified atom stereocenters. The fraction of sp³-hybridized carbons (Fsp3) is 0.200. The van der Waals surface area contributed by atoms with Gasteiger partial charge in [0, 0.05) is 17.0 Å². The number of carbonyl (C=O) groups is 2. The van der Waals surface area contributed by atoms with Gasteiger partial charge in [0.25, 0.3) is 0 Å². The highest BCUT2D eigenvalue weighted by atomic mass is 35.5. The molecule has 3 aromatic carbocycles. The van der Waals surface area contributed by atoms with Crippen molar-refractivity contribution >= 4 is 23.4 Å². The molecule has 1 aliphatic rings. The van der Waals surface area contributed by atoms with Gasteiger partial charge in [0.05, 0.1) is 6.42 Å². The second-order valence-corrected chi connectivity index (χ2v) is 7.55. The van der Waals surface area contributed by atoms with Crippen molar-refractivity contribution in [3.8, 4) is 11.5 Å².